The highest BCUT2D eigenvalue weighted by molar-refractivity contribution is 7.52. The quantitative estimate of drug-likeness (QED) is 0.245. The Morgan fingerprint density at radius 1 is 1.16 bits per heavy atom. The zero-order valence-electron chi connectivity index (χ0n) is 21.5. The van der Waals surface area contributed by atoms with Gasteiger partial charge in [0.25, 0.3) is 5.56 Å². The number of aryl methyl sites for hydroxylation is 1. The molecule has 4 atom stereocenters. The first-order valence-electron chi connectivity index (χ1n) is 12.8. The Morgan fingerprint density at radius 2 is 1.89 bits per heavy atom. The Balaban J connectivity index is 1.38. The Bertz CT molecular complexity index is 1290. The van der Waals surface area contributed by atoms with E-state index in [0.717, 1.165) is 25.7 Å². The van der Waals surface area contributed by atoms with Gasteiger partial charge in [0.15, 0.2) is 6.23 Å². The van der Waals surface area contributed by atoms with Crippen LogP contribution in [0.3, 0.4) is 0 Å². The van der Waals surface area contributed by atoms with Crippen LogP contribution in [-0.4, -0.2) is 40.9 Å². The lowest BCUT2D eigenvalue weighted by atomic mass is 9.90. The van der Waals surface area contributed by atoms with E-state index < -0.39 is 43.3 Å². The van der Waals surface area contributed by atoms with Crippen LogP contribution in [0.25, 0.3) is 0 Å². The third-order valence-corrected chi connectivity index (χ3v) is 8.14. The van der Waals surface area contributed by atoms with Crippen LogP contribution in [-0.2, 0) is 23.4 Å². The summed E-state index contributed by atoms with van der Waals surface area (Å²) in [6.45, 7) is 3.27. The average molecular weight is 548 g/mol. The minimum atomic E-state index is -4.06. The number of hydrogen-bond acceptors (Lipinski definition) is 8. The molecule has 2 aliphatic rings. The maximum atomic E-state index is 13.7. The first-order chi connectivity index (χ1) is 18.2. The van der Waals surface area contributed by atoms with E-state index in [9.17, 15) is 18.9 Å². The summed E-state index contributed by atoms with van der Waals surface area (Å²) in [5.41, 5.74) is -0.725. The van der Waals surface area contributed by atoms with Gasteiger partial charge in [-0.25, -0.2) is 9.36 Å². The molecule has 1 unspecified atom stereocenters. The second kappa shape index (κ2) is 12.7. The summed E-state index contributed by atoms with van der Waals surface area (Å²) >= 11 is 0. The van der Waals surface area contributed by atoms with Gasteiger partial charge in [0.05, 0.1) is 13.2 Å². The maximum Gasteiger partial charge on any atom is 0.459 e. The summed E-state index contributed by atoms with van der Waals surface area (Å²) in [6.07, 6.45) is 8.82. The third-order valence-electron chi connectivity index (χ3n) is 6.49. The molecule has 2 N–H and O–H groups in total. The van der Waals surface area contributed by atoms with Gasteiger partial charge >= 0.3 is 19.4 Å². The first-order valence-corrected chi connectivity index (χ1v) is 14.4. The van der Waals surface area contributed by atoms with Gasteiger partial charge in [-0.2, -0.15) is 5.09 Å². The van der Waals surface area contributed by atoms with Crippen molar-refractivity contribution < 1.29 is 27.9 Å². The highest BCUT2D eigenvalue weighted by atomic mass is 31.2. The Labute approximate surface area is 220 Å². The fourth-order valence-corrected chi connectivity index (χ4v) is 5.87. The summed E-state index contributed by atoms with van der Waals surface area (Å²) < 4.78 is 37.6. The largest absolute Gasteiger partial charge is 0.464 e. The minimum Gasteiger partial charge on any atom is -0.464 e. The van der Waals surface area contributed by atoms with Crippen LogP contribution < -0.4 is 20.9 Å². The fourth-order valence-electron chi connectivity index (χ4n) is 4.37. The van der Waals surface area contributed by atoms with E-state index in [2.05, 4.69) is 10.1 Å². The molecule has 0 amide bonds. The number of benzene rings is 1. The zero-order chi connectivity index (χ0) is 27.1. The molecule has 0 bridgehead atoms. The molecule has 206 valence electrons. The molecule has 0 radical (unpaired) electrons. The van der Waals surface area contributed by atoms with E-state index in [4.69, 9.17) is 18.5 Å². The van der Waals surface area contributed by atoms with Gasteiger partial charge in [-0.3, -0.25) is 23.7 Å². The third kappa shape index (κ3) is 7.54. The number of nitrogens with one attached hydrogen (secondary N) is 2. The number of para-hydroxylation sites is 1. The molecule has 1 aliphatic carbocycles. The summed E-state index contributed by atoms with van der Waals surface area (Å²) in [5.74, 6) is 0.101. The summed E-state index contributed by atoms with van der Waals surface area (Å²) in [5, 5.41) is 2.68. The predicted octanol–water partition coefficient (Wildman–Crippen LogP) is 3.60. The lowest BCUT2D eigenvalue weighted by molar-refractivity contribution is -0.147. The number of carbonyl (C=O) groups is 1. The minimum absolute atomic E-state index is 0.189. The number of aromatic amines is 1. The number of carbonyl (C=O) groups excluding carboxylic acids is 1. The predicted molar refractivity (Wildman–Crippen MR) is 140 cm³/mol. The molecule has 1 fully saturated rings. The monoisotopic (exact) mass is 547 g/mol. The summed E-state index contributed by atoms with van der Waals surface area (Å²) in [6, 6.07) is 7.52. The number of ether oxygens (including phenoxy) is 2. The molecule has 1 aromatic carbocycles. The molecule has 12 heteroatoms. The number of aromatic nitrogens is 2. The number of esters is 1. The Hall–Kier alpha value is -2.98. The van der Waals surface area contributed by atoms with Crippen molar-refractivity contribution in [2.45, 2.75) is 64.3 Å². The molecule has 11 nitrogen and oxygen atoms in total. The van der Waals surface area contributed by atoms with Crippen molar-refractivity contribution >= 4 is 13.7 Å². The van der Waals surface area contributed by atoms with Crippen LogP contribution in [0.2, 0.25) is 0 Å². The maximum absolute atomic E-state index is 13.7. The Kier molecular flexibility index (Phi) is 9.38. The van der Waals surface area contributed by atoms with Gasteiger partial charge in [0.1, 0.15) is 17.9 Å². The molecule has 38 heavy (non-hydrogen) atoms. The molecule has 1 aliphatic heterocycles. The van der Waals surface area contributed by atoms with Gasteiger partial charge in [0.2, 0.25) is 0 Å². The standard InChI is InChI=1S/C26H34N3O8P/c1-18-15-29(26(32)27-24(18)30)23-14-13-22(36-23)17-35-38(33,37-21-11-7-4-8-12-21)28-19(2)25(31)34-16-20-9-5-3-6-10-20/h4,7-8,11-15,19-20,22-23H,3,5-6,9-10,16-17H2,1-2H3,(H,28,33)(H,27,30,32)/t19-,22-,23+,38?/m0/s1. The highest BCUT2D eigenvalue weighted by Crippen LogP contribution is 2.45. The number of nitrogens with zero attached hydrogens (tertiary/aromatic N) is 1. The van der Waals surface area contributed by atoms with Crippen molar-refractivity contribution in [1.29, 1.82) is 0 Å². The SMILES string of the molecule is Cc1cn([C@H]2C=C[C@@H](COP(=O)(N[C@@H](C)C(=O)OCC3CCCCC3)Oc3ccccc3)O2)c(=O)[nH]c1=O. The number of H-pyrrole nitrogens is 1. The van der Waals surface area contributed by atoms with Crippen LogP contribution in [0, 0.1) is 12.8 Å². The van der Waals surface area contributed by atoms with Crippen molar-refractivity contribution in [3.63, 3.8) is 0 Å². The van der Waals surface area contributed by atoms with E-state index in [1.165, 1.54) is 17.2 Å². The molecule has 1 aromatic heterocycles. The van der Waals surface area contributed by atoms with Gasteiger partial charge in [0, 0.05) is 11.8 Å². The van der Waals surface area contributed by atoms with Crippen LogP contribution in [0.4, 0.5) is 0 Å². The molecule has 1 saturated carbocycles. The van der Waals surface area contributed by atoms with E-state index >= 15 is 0 Å². The first kappa shape index (κ1) is 28.0. The lowest BCUT2D eigenvalue weighted by Gasteiger charge is -2.25. The summed E-state index contributed by atoms with van der Waals surface area (Å²) in [4.78, 5) is 38.7. The number of hydrogen-bond donors (Lipinski definition) is 2. The highest BCUT2D eigenvalue weighted by Gasteiger charge is 2.34. The van der Waals surface area contributed by atoms with Gasteiger partial charge in [-0.05, 0) is 50.8 Å². The lowest BCUT2D eigenvalue weighted by Crippen LogP contribution is -2.36. The van der Waals surface area contributed by atoms with Gasteiger partial charge in [-0.15, -0.1) is 0 Å². The van der Waals surface area contributed by atoms with Crippen molar-refractivity contribution in [2.24, 2.45) is 5.92 Å². The zero-order valence-corrected chi connectivity index (χ0v) is 22.4. The van der Waals surface area contributed by atoms with E-state index in [1.54, 1.807) is 56.3 Å². The average Bonchev–Trinajstić information content (AvgIpc) is 3.38. The fraction of sp³-hybridized carbons (Fsp3) is 0.500. The smallest absolute Gasteiger partial charge is 0.459 e. The van der Waals surface area contributed by atoms with Crippen LogP contribution in [0.15, 0.2) is 58.3 Å². The van der Waals surface area contributed by atoms with Crippen molar-refractivity contribution in [1.82, 2.24) is 14.6 Å². The second-order valence-corrected chi connectivity index (χ2v) is 11.3. The summed E-state index contributed by atoms with van der Waals surface area (Å²) in [7, 11) is -4.06. The Morgan fingerprint density at radius 3 is 2.63 bits per heavy atom. The molecule has 0 saturated heterocycles. The van der Waals surface area contributed by atoms with E-state index in [-0.39, 0.29) is 6.61 Å². The van der Waals surface area contributed by atoms with Gasteiger partial charge < -0.3 is 14.0 Å². The molecule has 4 rings (SSSR count). The van der Waals surface area contributed by atoms with Gasteiger partial charge in [-0.1, -0.05) is 43.5 Å². The topological polar surface area (TPSA) is 138 Å². The van der Waals surface area contributed by atoms with Crippen LogP contribution in [0.1, 0.15) is 50.8 Å². The van der Waals surface area contributed by atoms with Crippen LogP contribution >= 0.6 is 7.75 Å². The van der Waals surface area contributed by atoms with Crippen molar-refractivity contribution in [3.8, 4) is 5.75 Å². The van der Waals surface area contributed by atoms with E-state index in [0.29, 0.717) is 23.8 Å². The normalized spacial score (nSPS) is 22.1. The molecule has 0 spiro atoms. The molecular weight excluding hydrogens is 513 g/mol. The molecule has 2 aromatic rings. The number of rotatable bonds is 11. The van der Waals surface area contributed by atoms with Crippen molar-refractivity contribution in [3.05, 3.63) is 75.1 Å². The van der Waals surface area contributed by atoms with Crippen molar-refractivity contribution in [2.75, 3.05) is 13.2 Å². The molecule has 2 heterocycles. The molecular formula is C26H34N3O8P. The van der Waals surface area contributed by atoms with E-state index in [1.807, 2.05) is 0 Å². The van der Waals surface area contributed by atoms with Crippen LogP contribution in [0.5, 0.6) is 5.75 Å². The second-order valence-electron chi connectivity index (χ2n) is 9.61.